The molecule has 0 unspecified atom stereocenters. The lowest BCUT2D eigenvalue weighted by Gasteiger charge is -1.99. The van der Waals surface area contributed by atoms with Crippen molar-refractivity contribution < 1.29 is 0 Å². The van der Waals surface area contributed by atoms with E-state index in [9.17, 15) is 0 Å². The largest absolute Gasteiger partial charge is 0.135 e. The summed E-state index contributed by atoms with van der Waals surface area (Å²) in [4.78, 5) is 0. The highest BCUT2D eigenvalue weighted by molar-refractivity contribution is 7.26. The quantitative estimate of drug-likeness (QED) is 0.305. The summed E-state index contributed by atoms with van der Waals surface area (Å²) in [5.41, 5.74) is 0. The Kier molecular flexibility index (Phi) is 8.36. The molecular formula is C22H28S. The Labute approximate surface area is 144 Å². The molecule has 0 radical (unpaired) electrons. The minimum absolute atomic E-state index is 1.32. The molecule has 3 aromatic carbocycles. The molecule has 0 amide bonds. The average Bonchev–Trinajstić information content (AvgIpc) is 3.06. The summed E-state index contributed by atoms with van der Waals surface area (Å²) in [7, 11) is 0. The Balaban J connectivity index is 0.000000400. The number of thiophene rings is 1. The van der Waals surface area contributed by atoms with E-state index in [2.05, 4.69) is 60.7 Å². The molecule has 0 bridgehead atoms. The zero-order valence-corrected chi connectivity index (χ0v) is 16.0. The van der Waals surface area contributed by atoms with E-state index < -0.39 is 0 Å². The monoisotopic (exact) mass is 324 g/mol. The van der Waals surface area contributed by atoms with E-state index in [0.29, 0.717) is 0 Å². The van der Waals surface area contributed by atoms with Crippen molar-refractivity contribution in [3.05, 3.63) is 60.7 Å². The van der Waals surface area contributed by atoms with Crippen LogP contribution < -0.4 is 0 Å². The summed E-state index contributed by atoms with van der Waals surface area (Å²) in [5.74, 6) is 0. The van der Waals surface area contributed by atoms with Gasteiger partial charge in [0.25, 0.3) is 0 Å². The van der Waals surface area contributed by atoms with Crippen molar-refractivity contribution in [1.29, 1.82) is 0 Å². The molecule has 0 saturated carbocycles. The first-order chi connectivity index (χ1) is 11.4. The second kappa shape index (κ2) is 10.0. The highest BCUT2D eigenvalue weighted by Crippen LogP contribution is 2.37. The summed E-state index contributed by atoms with van der Waals surface area (Å²) >= 11 is 1.88. The minimum atomic E-state index is 1.32. The van der Waals surface area contributed by atoms with Gasteiger partial charge in [0.1, 0.15) is 0 Å². The molecular weight excluding hydrogens is 296 g/mol. The highest BCUT2D eigenvalue weighted by Gasteiger charge is 2.07. The van der Waals surface area contributed by atoms with Crippen LogP contribution in [0, 0.1) is 0 Å². The fourth-order valence-electron chi connectivity index (χ4n) is 2.50. The maximum atomic E-state index is 2.24. The van der Waals surface area contributed by atoms with E-state index in [-0.39, 0.29) is 0 Å². The Hall–Kier alpha value is -1.86. The molecule has 1 aromatic heterocycles. The van der Waals surface area contributed by atoms with Crippen LogP contribution >= 0.6 is 11.3 Å². The third-order valence-electron chi connectivity index (χ3n) is 3.27. The number of fused-ring (bicyclic) bond motifs is 5. The van der Waals surface area contributed by atoms with Crippen LogP contribution in [0.1, 0.15) is 41.5 Å². The average molecular weight is 325 g/mol. The van der Waals surface area contributed by atoms with Gasteiger partial charge in [0.2, 0.25) is 0 Å². The van der Waals surface area contributed by atoms with Crippen LogP contribution in [0.5, 0.6) is 0 Å². The lowest BCUT2D eigenvalue weighted by molar-refractivity contribution is 1.50. The van der Waals surface area contributed by atoms with Gasteiger partial charge in [-0.05, 0) is 22.9 Å². The van der Waals surface area contributed by atoms with E-state index in [1.165, 1.54) is 30.9 Å². The van der Waals surface area contributed by atoms with Crippen LogP contribution in [0.15, 0.2) is 60.7 Å². The van der Waals surface area contributed by atoms with Crippen molar-refractivity contribution in [3.8, 4) is 0 Å². The van der Waals surface area contributed by atoms with Gasteiger partial charge in [0.15, 0.2) is 0 Å². The van der Waals surface area contributed by atoms with E-state index in [1.807, 2.05) is 52.9 Å². The van der Waals surface area contributed by atoms with Crippen LogP contribution in [0.3, 0.4) is 0 Å². The van der Waals surface area contributed by atoms with E-state index in [4.69, 9.17) is 0 Å². The molecule has 0 aliphatic carbocycles. The highest BCUT2D eigenvalue weighted by atomic mass is 32.1. The lowest BCUT2D eigenvalue weighted by atomic mass is 10.0. The van der Waals surface area contributed by atoms with Crippen LogP contribution in [-0.4, -0.2) is 0 Å². The summed E-state index contributed by atoms with van der Waals surface area (Å²) in [5, 5.41) is 5.47. The van der Waals surface area contributed by atoms with Gasteiger partial charge in [0.05, 0.1) is 0 Å². The predicted molar refractivity (Wildman–Crippen MR) is 111 cm³/mol. The fraction of sp³-hybridized carbons (Fsp3) is 0.273. The Morgan fingerprint density at radius 3 is 1.78 bits per heavy atom. The van der Waals surface area contributed by atoms with Crippen molar-refractivity contribution in [1.82, 2.24) is 0 Å². The normalized spacial score (nSPS) is 9.30. The van der Waals surface area contributed by atoms with Gasteiger partial charge < -0.3 is 0 Å². The minimum Gasteiger partial charge on any atom is -0.135 e. The SMILES string of the molecule is CC.CC.CC.c1ccc2c(c1)ccc1sc3ccccc3c12. The van der Waals surface area contributed by atoms with Crippen molar-refractivity contribution in [2.45, 2.75) is 41.5 Å². The first-order valence-electron chi connectivity index (χ1n) is 8.72. The number of hydrogen-bond acceptors (Lipinski definition) is 1. The van der Waals surface area contributed by atoms with Gasteiger partial charge in [0, 0.05) is 20.2 Å². The summed E-state index contributed by atoms with van der Waals surface area (Å²) < 4.78 is 2.75. The van der Waals surface area contributed by atoms with Crippen LogP contribution in [0.2, 0.25) is 0 Å². The Morgan fingerprint density at radius 2 is 1.09 bits per heavy atom. The third-order valence-corrected chi connectivity index (χ3v) is 4.40. The molecule has 1 heterocycles. The molecule has 0 atom stereocenters. The van der Waals surface area contributed by atoms with Gasteiger partial charge in [-0.25, -0.2) is 0 Å². The Bertz CT molecular complexity index is 834. The van der Waals surface area contributed by atoms with Gasteiger partial charge in [-0.3, -0.25) is 0 Å². The first-order valence-corrected chi connectivity index (χ1v) is 9.54. The molecule has 0 fully saturated rings. The molecule has 0 N–H and O–H groups in total. The second-order valence-electron chi connectivity index (χ2n) is 4.26. The van der Waals surface area contributed by atoms with Crippen molar-refractivity contribution >= 4 is 42.3 Å². The molecule has 122 valence electrons. The molecule has 0 saturated heterocycles. The topological polar surface area (TPSA) is 0 Å². The zero-order chi connectivity index (χ0) is 17.2. The molecule has 0 nitrogen and oxygen atoms in total. The second-order valence-corrected chi connectivity index (χ2v) is 5.34. The van der Waals surface area contributed by atoms with Gasteiger partial charge >= 0.3 is 0 Å². The van der Waals surface area contributed by atoms with Crippen LogP contribution in [-0.2, 0) is 0 Å². The number of rotatable bonds is 0. The third kappa shape index (κ3) is 3.92. The van der Waals surface area contributed by atoms with Gasteiger partial charge in [-0.15, -0.1) is 11.3 Å². The van der Waals surface area contributed by atoms with Crippen molar-refractivity contribution in [2.24, 2.45) is 0 Å². The molecule has 0 aliphatic rings. The standard InChI is InChI=1S/C16H10S.3C2H6/c1-2-6-12-11(5-1)9-10-15-16(12)13-7-3-4-8-14(13)17-15;3*1-2/h1-10H;3*1-2H3. The van der Waals surface area contributed by atoms with Gasteiger partial charge in [-0.2, -0.15) is 0 Å². The van der Waals surface area contributed by atoms with Crippen LogP contribution in [0.25, 0.3) is 30.9 Å². The molecule has 4 aromatic rings. The van der Waals surface area contributed by atoms with E-state index in [0.717, 1.165) is 0 Å². The molecule has 1 heteroatoms. The summed E-state index contributed by atoms with van der Waals surface area (Å²) in [6.45, 7) is 12.0. The predicted octanol–water partition coefficient (Wildman–Crippen LogP) is 8.29. The zero-order valence-electron chi connectivity index (χ0n) is 15.2. The van der Waals surface area contributed by atoms with Gasteiger partial charge in [-0.1, -0.05) is 90.1 Å². The maximum Gasteiger partial charge on any atom is 0.0361 e. The smallest absolute Gasteiger partial charge is 0.0361 e. The molecule has 4 rings (SSSR count). The summed E-state index contributed by atoms with van der Waals surface area (Å²) in [6.07, 6.45) is 0. The fourth-order valence-corrected chi connectivity index (χ4v) is 3.62. The van der Waals surface area contributed by atoms with Crippen molar-refractivity contribution in [3.63, 3.8) is 0 Å². The van der Waals surface area contributed by atoms with Crippen LogP contribution in [0.4, 0.5) is 0 Å². The Morgan fingerprint density at radius 1 is 0.522 bits per heavy atom. The maximum absolute atomic E-state index is 2.24. The van der Waals surface area contributed by atoms with E-state index in [1.54, 1.807) is 0 Å². The lowest BCUT2D eigenvalue weighted by Crippen LogP contribution is -1.72. The summed E-state index contributed by atoms with van der Waals surface area (Å²) in [6, 6.07) is 21.7. The molecule has 0 aliphatic heterocycles. The molecule has 23 heavy (non-hydrogen) atoms. The number of benzene rings is 3. The molecule has 0 spiro atoms. The van der Waals surface area contributed by atoms with E-state index >= 15 is 0 Å². The first kappa shape index (κ1) is 19.2. The van der Waals surface area contributed by atoms with Crippen molar-refractivity contribution in [2.75, 3.05) is 0 Å². The number of hydrogen-bond donors (Lipinski definition) is 0.